The van der Waals surface area contributed by atoms with Gasteiger partial charge in [0.2, 0.25) is 15.9 Å². The molecule has 0 bridgehead atoms. The lowest BCUT2D eigenvalue weighted by atomic mass is 10.1. The zero-order chi connectivity index (χ0) is 22.8. The van der Waals surface area contributed by atoms with E-state index in [1.54, 1.807) is 12.4 Å². The van der Waals surface area contributed by atoms with E-state index in [0.29, 0.717) is 0 Å². The molecule has 0 fully saturated rings. The van der Waals surface area contributed by atoms with Crippen molar-refractivity contribution in [2.75, 3.05) is 10.6 Å². The average molecular weight is 448 g/mol. The summed E-state index contributed by atoms with van der Waals surface area (Å²) in [5.41, 5.74) is 1.48. The first-order valence-corrected chi connectivity index (χ1v) is 11.2. The maximum Gasteiger partial charge on any atom is 0.243 e. The Bertz CT molecular complexity index is 1210. The van der Waals surface area contributed by atoms with Crippen LogP contribution >= 0.6 is 0 Å². The molecule has 164 valence electrons. The summed E-state index contributed by atoms with van der Waals surface area (Å²) in [7, 11) is -3.95. The molecule has 0 spiro atoms. The van der Waals surface area contributed by atoms with Crippen LogP contribution in [0, 0.1) is 18.6 Å². The number of aryl methyl sites for hydroxylation is 1. The zero-order valence-electron chi connectivity index (χ0n) is 17.2. The van der Waals surface area contributed by atoms with Crippen molar-refractivity contribution in [3.05, 3.63) is 77.9 Å². The largest absolute Gasteiger partial charge is 0.350 e. The third-order valence-corrected chi connectivity index (χ3v) is 6.02. The number of anilines is 1. The number of imidazole rings is 1. The molecule has 0 radical (unpaired) electrons. The number of aromatic nitrogens is 2. The Kier molecular flexibility index (Phi) is 6.40. The maximum atomic E-state index is 13.7. The van der Waals surface area contributed by atoms with E-state index in [9.17, 15) is 22.0 Å². The molecule has 1 heterocycles. The van der Waals surface area contributed by atoms with Crippen molar-refractivity contribution in [1.82, 2.24) is 14.9 Å². The molecule has 0 aliphatic heterocycles. The van der Waals surface area contributed by atoms with Gasteiger partial charge in [-0.3, -0.25) is 9.10 Å². The number of para-hydroxylation sites is 1. The van der Waals surface area contributed by atoms with Gasteiger partial charge in [-0.1, -0.05) is 18.2 Å². The van der Waals surface area contributed by atoms with Crippen molar-refractivity contribution in [1.29, 1.82) is 0 Å². The number of carbonyl (C=O) groups excluding carboxylic acids is 1. The number of nitrogens with one attached hydrogen (secondary N) is 1. The molecule has 10 heteroatoms. The Morgan fingerprint density at radius 1 is 1.19 bits per heavy atom. The molecule has 1 unspecified atom stereocenters. The number of carbonyl (C=O) groups is 1. The molecule has 1 amide bonds. The van der Waals surface area contributed by atoms with Crippen LogP contribution in [0.25, 0.3) is 5.69 Å². The van der Waals surface area contributed by atoms with Gasteiger partial charge in [0.1, 0.15) is 11.9 Å². The summed E-state index contributed by atoms with van der Waals surface area (Å²) in [5.74, 6) is -2.13. The van der Waals surface area contributed by atoms with E-state index >= 15 is 0 Å². The fourth-order valence-corrected chi connectivity index (χ4v) is 4.46. The Morgan fingerprint density at radius 3 is 2.52 bits per heavy atom. The quantitative estimate of drug-likeness (QED) is 0.602. The van der Waals surface area contributed by atoms with E-state index in [2.05, 4.69) is 10.3 Å². The fourth-order valence-electron chi connectivity index (χ4n) is 3.29. The number of hydrogen-bond acceptors (Lipinski definition) is 4. The van der Waals surface area contributed by atoms with Gasteiger partial charge < -0.3 is 9.88 Å². The van der Waals surface area contributed by atoms with Crippen molar-refractivity contribution in [3.8, 4) is 5.69 Å². The third kappa shape index (κ3) is 4.91. The molecule has 3 rings (SSSR count). The molecule has 7 nitrogen and oxygen atoms in total. The number of halogens is 2. The molecule has 0 saturated carbocycles. The molecule has 31 heavy (non-hydrogen) atoms. The Balaban J connectivity index is 1.83. The van der Waals surface area contributed by atoms with Gasteiger partial charge in [-0.15, -0.1) is 0 Å². The first kappa shape index (κ1) is 22.4. The minimum Gasteiger partial charge on any atom is -0.350 e. The topological polar surface area (TPSA) is 84.3 Å². The summed E-state index contributed by atoms with van der Waals surface area (Å²) in [4.78, 5) is 17.0. The second-order valence-electron chi connectivity index (χ2n) is 7.02. The third-order valence-electron chi connectivity index (χ3n) is 4.78. The molecular weight excluding hydrogens is 426 g/mol. The SMILES string of the molecule is Cc1nccn1-c1ccccc1CNC(=O)C(C)N(c1ccc(F)c(F)c1)S(C)(=O)=O. The Hall–Kier alpha value is -3.27. The van der Waals surface area contributed by atoms with Crippen LogP contribution in [0.4, 0.5) is 14.5 Å². The lowest BCUT2D eigenvalue weighted by molar-refractivity contribution is -0.122. The molecule has 0 aliphatic carbocycles. The van der Waals surface area contributed by atoms with Gasteiger partial charge >= 0.3 is 0 Å². The highest BCUT2D eigenvalue weighted by molar-refractivity contribution is 7.92. The van der Waals surface area contributed by atoms with Crippen molar-refractivity contribution >= 4 is 21.6 Å². The predicted octanol–water partition coefficient (Wildman–Crippen LogP) is 2.93. The van der Waals surface area contributed by atoms with Crippen molar-refractivity contribution in [3.63, 3.8) is 0 Å². The van der Waals surface area contributed by atoms with Crippen LogP contribution in [0.1, 0.15) is 18.3 Å². The van der Waals surface area contributed by atoms with Gasteiger partial charge in [-0.05, 0) is 37.6 Å². The summed E-state index contributed by atoms with van der Waals surface area (Å²) < 4.78 is 54.2. The highest BCUT2D eigenvalue weighted by atomic mass is 32.2. The van der Waals surface area contributed by atoms with Gasteiger partial charge in [-0.2, -0.15) is 0 Å². The van der Waals surface area contributed by atoms with E-state index in [1.807, 2.05) is 35.8 Å². The standard InChI is InChI=1S/C21H22F2N4O3S/c1-14(27(31(3,29)30)17-8-9-18(22)19(23)12-17)21(28)25-13-16-6-4-5-7-20(16)26-11-10-24-15(26)2/h4-12,14H,13H2,1-3H3,(H,25,28). The summed E-state index contributed by atoms with van der Waals surface area (Å²) >= 11 is 0. The minimum absolute atomic E-state index is 0.131. The molecule has 1 aromatic heterocycles. The van der Waals surface area contributed by atoms with Crippen LogP contribution in [-0.2, 0) is 21.4 Å². The first-order chi connectivity index (χ1) is 14.6. The molecule has 2 aromatic carbocycles. The van der Waals surface area contributed by atoms with Crippen LogP contribution in [0.15, 0.2) is 54.9 Å². The Labute approximate surface area is 179 Å². The van der Waals surface area contributed by atoms with E-state index < -0.39 is 33.6 Å². The number of benzene rings is 2. The second kappa shape index (κ2) is 8.84. The van der Waals surface area contributed by atoms with E-state index in [0.717, 1.165) is 45.8 Å². The monoisotopic (exact) mass is 448 g/mol. The Morgan fingerprint density at radius 2 is 1.90 bits per heavy atom. The minimum atomic E-state index is -3.95. The van der Waals surface area contributed by atoms with Crippen molar-refractivity contribution in [2.24, 2.45) is 0 Å². The van der Waals surface area contributed by atoms with Crippen LogP contribution in [-0.4, -0.2) is 36.2 Å². The molecule has 0 saturated heterocycles. The highest BCUT2D eigenvalue weighted by Gasteiger charge is 2.29. The zero-order valence-corrected chi connectivity index (χ0v) is 18.0. The van der Waals surface area contributed by atoms with E-state index in [-0.39, 0.29) is 12.2 Å². The summed E-state index contributed by atoms with van der Waals surface area (Å²) in [5, 5.41) is 2.72. The molecule has 1 atom stereocenters. The van der Waals surface area contributed by atoms with Crippen molar-refractivity contribution < 1.29 is 22.0 Å². The normalized spacial score (nSPS) is 12.4. The summed E-state index contributed by atoms with van der Waals surface area (Å²) in [6, 6.07) is 8.88. The average Bonchev–Trinajstić information content (AvgIpc) is 3.13. The van der Waals surface area contributed by atoms with Gasteiger partial charge in [0.25, 0.3) is 0 Å². The summed E-state index contributed by atoms with van der Waals surface area (Å²) in [6.45, 7) is 3.36. The van der Waals surface area contributed by atoms with Crippen LogP contribution in [0.2, 0.25) is 0 Å². The molecule has 1 N–H and O–H groups in total. The fraction of sp³-hybridized carbons (Fsp3) is 0.238. The number of rotatable bonds is 7. The van der Waals surface area contributed by atoms with Gasteiger partial charge in [-0.25, -0.2) is 22.2 Å². The molecular formula is C21H22F2N4O3S. The number of sulfonamides is 1. The first-order valence-electron chi connectivity index (χ1n) is 9.40. The highest BCUT2D eigenvalue weighted by Crippen LogP contribution is 2.23. The summed E-state index contributed by atoms with van der Waals surface area (Å²) in [6.07, 6.45) is 4.36. The van der Waals surface area contributed by atoms with Gasteiger partial charge in [0, 0.05) is 25.0 Å². The maximum absolute atomic E-state index is 13.7. The lowest BCUT2D eigenvalue weighted by Gasteiger charge is -2.28. The smallest absolute Gasteiger partial charge is 0.243 e. The van der Waals surface area contributed by atoms with Crippen LogP contribution in [0.5, 0.6) is 0 Å². The van der Waals surface area contributed by atoms with E-state index in [4.69, 9.17) is 0 Å². The number of hydrogen-bond donors (Lipinski definition) is 1. The second-order valence-corrected chi connectivity index (χ2v) is 8.88. The number of amides is 1. The predicted molar refractivity (Wildman–Crippen MR) is 113 cm³/mol. The molecule has 3 aromatic rings. The van der Waals surface area contributed by atoms with Gasteiger partial charge in [0.15, 0.2) is 11.6 Å². The van der Waals surface area contributed by atoms with E-state index in [1.165, 1.54) is 6.92 Å². The molecule has 0 aliphatic rings. The van der Waals surface area contributed by atoms with Gasteiger partial charge in [0.05, 0.1) is 17.6 Å². The van der Waals surface area contributed by atoms with Crippen LogP contribution in [0.3, 0.4) is 0 Å². The number of nitrogens with zero attached hydrogens (tertiary/aromatic N) is 3. The van der Waals surface area contributed by atoms with Crippen LogP contribution < -0.4 is 9.62 Å². The lowest BCUT2D eigenvalue weighted by Crippen LogP contribution is -2.47. The van der Waals surface area contributed by atoms with Crippen molar-refractivity contribution in [2.45, 2.75) is 26.4 Å².